The number of carboxylic acid groups (broad SMARTS) is 1. The lowest BCUT2D eigenvalue weighted by atomic mass is 9.86. The van der Waals surface area contributed by atoms with Crippen LogP contribution in [0.15, 0.2) is 0 Å². The summed E-state index contributed by atoms with van der Waals surface area (Å²) in [5, 5.41) is 12.2. The van der Waals surface area contributed by atoms with Crippen LogP contribution in [0.5, 0.6) is 0 Å². The van der Waals surface area contributed by atoms with Crippen molar-refractivity contribution in [2.45, 2.75) is 58.9 Å². The standard InChI is InChI=1S/C14H26N2O3/c1-4-9-16(11(2)3)13(19)15-10-14(12(17)18)7-5-6-8-14/h11H,4-10H2,1-3H3,(H,15,19)(H,17,18). The highest BCUT2D eigenvalue weighted by atomic mass is 16.4. The summed E-state index contributed by atoms with van der Waals surface area (Å²) in [7, 11) is 0. The maximum absolute atomic E-state index is 12.1. The molecule has 0 saturated heterocycles. The van der Waals surface area contributed by atoms with E-state index in [1.54, 1.807) is 4.90 Å². The molecule has 0 aromatic heterocycles. The second kappa shape index (κ2) is 6.78. The van der Waals surface area contributed by atoms with E-state index < -0.39 is 11.4 Å². The predicted molar refractivity (Wildman–Crippen MR) is 74.1 cm³/mol. The number of nitrogens with one attached hydrogen (secondary N) is 1. The van der Waals surface area contributed by atoms with E-state index in [1.165, 1.54) is 0 Å². The van der Waals surface area contributed by atoms with E-state index in [0.29, 0.717) is 19.4 Å². The fourth-order valence-electron chi connectivity index (χ4n) is 2.70. The molecule has 0 spiro atoms. The van der Waals surface area contributed by atoms with Crippen molar-refractivity contribution in [2.75, 3.05) is 13.1 Å². The summed E-state index contributed by atoms with van der Waals surface area (Å²) in [5.41, 5.74) is -0.746. The summed E-state index contributed by atoms with van der Waals surface area (Å²) in [6.07, 6.45) is 4.10. The Labute approximate surface area is 115 Å². The first kappa shape index (κ1) is 15.8. The smallest absolute Gasteiger partial charge is 0.317 e. The van der Waals surface area contributed by atoms with Gasteiger partial charge in [-0.2, -0.15) is 0 Å². The van der Waals surface area contributed by atoms with Gasteiger partial charge in [-0.05, 0) is 33.1 Å². The highest BCUT2D eigenvalue weighted by Crippen LogP contribution is 2.37. The summed E-state index contributed by atoms with van der Waals surface area (Å²) >= 11 is 0. The highest BCUT2D eigenvalue weighted by molar-refractivity contribution is 5.78. The number of nitrogens with zero attached hydrogens (tertiary/aromatic N) is 1. The monoisotopic (exact) mass is 270 g/mol. The van der Waals surface area contributed by atoms with Crippen molar-refractivity contribution < 1.29 is 14.7 Å². The van der Waals surface area contributed by atoms with Crippen LogP contribution in [0.3, 0.4) is 0 Å². The van der Waals surface area contributed by atoms with Gasteiger partial charge >= 0.3 is 12.0 Å². The lowest BCUT2D eigenvalue weighted by Gasteiger charge is -2.29. The van der Waals surface area contributed by atoms with Crippen molar-refractivity contribution >= 4 is 12.0 Å². The molecule has 2 amide bonds. The van der Waals surface area contributed by atoms with Crippen LogP contribution in [0.4, 0.5) is 4.79 Å². The molecule has 1 fully saturated rings. The first-order valence-electron chi connectivity index (χ1n) is 7.21. The van der Waals surface area contributed by atoms with Crippen molar-refractivity contribution in [3.63, 3.8) is 0 Å². The van der Waals surface area contributed by atoms with Crippen LogP contribution >= 0.6 is 0 Å². The summed E-state index contributed by atoms with van der Waals surface area (Å²) in [6, 6.07) is -0.0197. The van der Waals surface area contributed by atoms with Gasteiger partial charge in [0.2, 0.25) is 0 Å². The molecule has 0 atom stereocenters. The molecule has 0 bridgehead atoms. The Morgan fingerprint density at radius 1 is 1.32 bits per heavy atom. The Hall–Kier alpha value is -1.26. The predicted octanol–water partition coefficient (Wildman–Crippen LogP) is 2.46. The van der Waals surface area contributed by atoms with Gasteiger partial charge in [-0.1, -0.05) is 19.8 Å². The first-order chi connectivity index (χ1) is 8.93. The van der Waals surface area contributed by atoms with Crippen molar-refractivity contribution in [1.29, 1.82) is 0 Å². The Kier molecular flexibility index (Phi) is 5.63. The van der Waals surface area contributed by atoms with Crippen LogP contribution in [0.1, 0.15) is 52.9 Å². The van der Waals surface area contributed by atoms with E-state index in [-0.39, 0.29) is 18.6 Å². The SMILES string of the molecule is CCCN(C(=O)NCC1(C(=O)O)CCCC1)C(C)C. The molecule has 0 heterocycles. The molecule has 1 saturated carbocycles. The van der Waals surface area contributed by atoms with Gasteiger partial charge in [0, 0.05) is 19.1 Å². The molecule has 0 aromatic carbocycles. The Morgan fingerprint density at radius 3 is 2.32 bits per heavy atom. The summed E-state index contributed by atoms with van der Waals surface area (Å²) in [5.74, 6) is -0.781. The molecule has 2 N–H and O–H groups in total. The van der Waals surface area contributed by atoms with Crippen molar-refractivity contribution in [2.24, 2.45) is 5.41 Å². The normalized spacial score (nSPS) is 17.5. The molecule has 110 valence electrons. The van der Waals surface area contributed by atoms with Crippen LogP contribution < -0.4 is 5.32 Å². The zero-order valence-electron chi connectivity index (χ0n) is 12.2. The molecule has 0 radical (unpaired) electrons. The van der Waals surface area contributed by atoms with Crippen LogP contribution in [0.2, 0.25) is 0 Å². The van der Waals surface area contributed by atoms with E-state index in [0.717, 1.165) is 19.3 Å². The van der Waals surface area contributed by atoms with Gasteiger partial charge in [0.1, 0.15) is 0 Å². The van der Waals surface area contributed by atoms with E-state index in [4.69, 9.17) is 0 Å². The minimum Gasteiger partial charge on any atom is -0.481 e. The highest BCUT2D eigenvalue weighted by Gasteiger charge is 2.41. The largest absolute Gasteiger partial charge is 0.481 e. The van der Waals surface area contributed by atoms with Crippen molar-refractivity contribution in [1.82, 2.24) is 10.2 Å². The van der Waals surface area contributed by atoms with Crippen LogP contribution in [0.25, 0.3) is 0 Å². The Morgan fingerprint density at radius 2 is 1.89 bits per heavy atom. The molecule has 0 unspecified atom stereocenters. The molecule has 1 rings (SSSR count). The second-order valence-corrected chi connectivity index (χ2v) is 5.74. The van der Waals surface area contributed by atoms with Gasteiger partial charge in [0.05, 0.1) is 5.41 Å². The van der Waals surface area contributed by atoms with Gasteiger partial charge < -0.3 is 15.3 Å². The lowest BCUT2D eigenvalue weighted by molar-refractivity contribution is -0.148. The molecule has 19 heavy (non-hydrogen) atoms. The third kappa shape index (κ3) is 3.85. The lowest BCUT2D eigenvalue weighted by Crippen LogP contribution is -2.49. The van der Waals surface area contributed by atoms with E-state index in [1.807, 2.05) is 20.8 Å². The number of carbonyl (C=O) groups is 2. The molecule has 1 aliphatic carbocycles. The average molecular weight is 270 g/mol. The molecule has 1 aliphatic rings. The maximum atomic E-state index is 12.1. The topological polar surface area (TPSA) is 69.6 Å². The second-order valence-electron chi connectivity index (χ2n) is 5.74. The number of carbonyl (C=O) groups excluding carboxylic acids is 1. The third-order valence-electron chi connectivity index (χ3n) is 3.94. The quantitative estimate of drug-likeness (QED) is 0.779. The van der Waals surface area contributed by atoms with Crippen LogP contribution in [0, 0.1) is 5.41 Å². The van der Waals surface area contributed by atoms with Gasteiger partial charge in [0.25, 0.3) is 0 Å². The summed E-state index contributed by atoms with van der Waals surface area (Å²) in [6.45, 7) is 6.91. The molecule has 0 aliphatic heterocycles. The molecule has 5 nitrogen and oxygen atoms in total. The molecular weight excluding hydrogens is 244 g/mol. The van der Waals surface area contributed by atoms with Gasteiger partial charge in [-0.25, -0.2) is 4.79 Å². The van der Waals surface area contributed by atoms with Crippen molar-refractivity contribution in [3.8, 4) is 0 Å². The van der Waals surface area contributed by atoms with Gasteiger partial charge in [-0.3, -0.25) is 4.79 Å². The Balaban J connectivity index is 2.58. The number of amides is 2. The number of rotatable bonds is 6. The van der Waals surface area contributed by atoms with Crippen LogP contribution in [-0.4, -0.2) is 41.1 Å². The number of carboxylic acids is 1. The molecular formula is C14H26N2O3. The minimum atomic E-state index is -0.781. The van der Waals surface area contributed by atoms with Crippen molar-refractivity contribution in [3.05, 3.63) is 0 Å². The fraction of sp³-hybridized carbons (Fsp3) is 0.857. The average Bonchev–Trinajstić information content (AvgIpc) is 2.82. The first-order valence-corrected chi connectivity index (χ1v) is 7.21. The maximum Gasteiger partial charge on any atom is 0.317 e. The molecule has 5 heteroatoms. The van der Waals surface area contributed by atoms with E-state index in [9.17, 15) is 14.7 Å². The number of urea groups is 1. The third-order valence-corrected chi connectivity index (χ3v) is 3.94. The zero-order chi connectivity index (χ0) is 14.5. The number of hydrogen-bond acceptors (Lipinski definition) is 2. The summed E-state index contributed by atoms with van der Waals surface area (Å²) in [4.78, 5) is 25.3. The van der Waals surface area contributed by atoms with Gasteiger partial charge in [-0.15, -0.1) is 0 Å². The van der Waals surface area contributed by atoms with Gasteiger partial charge in [0.15, 0.2) is 0 Å². The number of aliphatic carboxylic acids is 1. The molecule has 0 aromatic rings. The van der Waals surface area contributed by atoms with Crippen LogP contribution in [-0.2, 0) is 4.79 Å². The minimum absolute atomic E-state index is 0.129. The summed E-state index contributed by atoms with van der Waals surface area (Å²) < 4.78 is 0. The number of hydrogen-bond donors (Lipinski definition) is 2. The Bertz CT molecular complexity index is 323. The zero-order valence-corrected chi connectivity index (χ0v) is 12.2. The fourth-order valence-corrected chi connectivity index (χ4v) is 2.70. The van der Waals surface area contributed by atoms with E-state index in [2.05, 4.69) is 5.32 Å². The van der Waals surface area contributed by atoms with E-state index >= 15 is 0 Å².